The standard InChI is InChI=1S/C22H28N2O2S/c1-3-17-10-12-19(13-11-17)24(22(26)20-14-9-16(2)27-20)15-21(25)23-18-7-5-4-6-8-18/h9-14,18H,3-8,15H2,1-2H3,(H,23,25). The summed E-state index contributed by atoms with van der Waals surface area (Å²) in [6.45, 7) is 4.14. The molecule has 4 nitrogen and oxygen atoms in total. The Morgan fingerprint density at radius 1 is 1.07 bits per heavy atom. The summed E-state index contributed by atoms with van der Waals surface area (Å²) in [4.78, 5) is 29.1. The van der Waals surface area contributed by atoms with Crippen molar-refractivity contribution < 1.29 is 9.59 Å². The number of anilines is 1. The zero-order chi connectivity index (χ0) is 19.2. The Bertz CT molecular complexity index is 776. The van der Waals surface area contributed by atoms with Crippen LogP contribution in [0.3, 0.4) is 0 Å². The van der Waals surface area contributed by atoms with Crippen molar-refractivity contribution >= 4 is 28.8 Å². The number of hydrogen-bond acceptors (Lipinski definition) is 3. The molecule has 0 spiro atoms. The lowest BCUT2D eigenvalue weighted by Crippen LogP contribution is -2.44. The maximum atomic E-state index is 13.1. The van der Waals surface area contributed by atoms with Gasteiger partial charge in [0.2, 0.25) is 5.91 Å². The van der Waals surface area contributed by atoms with E-state index >= 15 is 0 Å². The zero-order valence-electron chi connectivity index (χ0n) is 16.2. The Balaban J connectivity index is 1.77. The molecule has 5 heteroatoms. The third kappa shape index (κ3) is 5.19. The summed E-state index contributed by atoms with van der Waals surface area (Å²) >= 11 is 1.47. The van der Waals surface area contributed by atoms with Crippen LogP contribution < -0.4 is 10.2 Å². The molecule has 1 aromatic carbocycles. The molecule has 1 aliphatic carbocycles. The van der Waals surface area contributed by atoms with Crippen molar-refractivity contribution in [3.05, 3.63) is 51.7 Å². The Hall–Kier alpha value is -2.14. The number of hydrogen-bond donors (Lipinski definition) is 1. The number of nitrogens with zero attached hydrogens (tertiary/aromatic N) is 1. The van der Waals surface area contributed by atoms with Crippen molar-refractivity contribution in [2.45, 2.75) is 58.4 Å². The molecule has 0 radical (unpaired) electrons. The lowest BCUT2D eigenvalue weighted by molar-refractivity contribution is -0.120. The van der Waals surface area contributed by atoms with E-state index in [0.717, 1.165) is 29.8 Å². The van der Waals surface area contributed by atoms with Crippen molar-refractivity contribution in [3.63, 3.8) is 0 Å². The van der Waals surface area contributed by atoms with Gasteiger partial charge in [0.15, 0.2) is 0 Å². The van der Waals surface area contributed by atoms with E-state index in [-0.39, 0.29) is 24.4 Å². The van der Waals surface area contributed by atoms with E-state index in [9.17, 15) is 9.59 Å². The second-order valence-electron chi connectivity index (χ2n) is 7.22. The van der Waals surface area contributed by atoms with Crippen LogP contribution in [0.15, 0.2) is 36.4 Å². The molecule has 144 valence electrons. The molecule has 3 rings (SSSR count). The Kier molecular flexibility index (Phi) is 6.67. The molecule has 1 saturated carbocycles. The van der Waals surface area contributed by atoms with Crippen LogP contribution in [-0.4, -0.2) is 24.4 Å². The van der Waals surface area contributed by atoms with Crippen molar-refractivity contribution in [1.29, 1.82) is 0 Å². The number of thiophene rings is 1. The molecule has 0 unspecified atom stereocenters. The van der Waals surface area contributed by atoms with Gasteiger partial charge in [-0.15, -0.1) is 11.3 Å². The maximum absolute atomic E-state index is 13.1. The van der Waals surface area contributed by atoms with Gasteiger partial charge in [0.1, 0.15) is 6.54 Å². The van der Waals surface area contributed by atoms with Gasteiger partial charge in [0, 0.05) is 16.6 Å². The van der Waals surface area contributed by atoms with Crippen LogP contribution in [0.2, 0.25) is 0 Å². The first-order chi connectivity index (χ1) is 13.1. The number of benzene rings is 1. The number of aryl methyl sites for hydroxylation is 2. The molecule has 1 fully saturated rings. The van der Waals surface area contributed by atoms with Gasteiger partial charge in [-0.05, 0) is 56.0 Å². The van der Waals surface area contributed by atoms with Crippen molar-refractivity contribution in [3.8, 4) is 0 Å². The molecule has 0 saturated heterocycles. The lowest BCUT2D eigenvalue weighted by Gasteiger charge is -2.26. The van der Waals surface area contributed by atoms with Crippen LogP contribution in [0.4, 0.5) is 5.69 Å². The number of amides is 2. The minimum atomic E-state index is -0.115. The van der Waals surface area contributed by atoms with E-state index in [1.807, 2.05) is 43.3 Å². The molecule has 0 atom stereocenters. The first-order valence-electron chi connectivity index (χ1n) is 9.83. The summed E-state index contributed by atoms with van der Waals surface area (Å²) < 4.78 is 0. The highest BCUT2D eigenvalue weighted by atomic mass is 32.1. The van der Waals surface area contributed by atoms with E-state index in [4.69, 9.17) is 0 Å². The highest BCUT2D eigenvalue weighted by Crippen LogP contribution is 2.23. The molecule has 2 aromatic rings. The second-order valence-corrected chi connectivity index (χ2v) is 8.51. The van der Waals surface area contributed by atoms with E-state index < -0.39 is 0 Å². The Morgan fingerprint density at radius 3 is 2.37 bits per heavy atom. The molecular formula is C22H28N2O2S. The largest absolute Gasteiger partial charge is 0.352 e. The Labute approximate surface area is 165 Å². The predicted molar refractivity (Wildman–Crippen MR) is 112 cm³/mol. The average Bonchev–Trinajstić information content (AvgIpc) is 3.13. The lowest BCUT2D eigenvalue weighted by atomic mass is 9.95. The molecular weight excluding hydrogens is 356 g/mol. The number of rotatable bonds is 6. The van der Waals surface area contributed by atoms with Crippen molar-refractivity contribution in [2.24, 2.45) is 0 Å². The molecule has 2 amide bonds. The molecule has 0 aliphatic heterocycles. The first kappa shape index (κ1) is 19.6. The van der Waals surface area contributed by atoms with E-state index in [1.54, 1.807) is 4.90 Å². The van der Waals surface area contributed by atoms with E-state index in [1.165, 1.54) is 36.2 Å². The fourth-order valence-corrected chi connectivity index (χ4v) is 4.35. The fraction of sp³-hybridized carbons (Fsp3) is 0.455. The maximum Gasteiger partial charge on any atom is 0.268 e. The topological polar surface area (TPSA) is 49.4 Å². The molecule has 1 N–H and O–H groups in total. The van der Waals surface area contributed by atoms with Crippen LogP contribution in [-0.2, 0) is 11.2 Å². The zero-order valence-corrected chi connectivity index (χ0v) is 17.0. The van der Waals surface area contributed by atoms with Crippen LogP contribution >= 0.6 is 11.3 Å². The summed E-state index contributed by atoms with van der Waals surface area (Å²) in [5.41, 5.74) is 1.98. The fourth-order valence-electron chi connectivity index (χ4n) is 3.54. The van der Waals surface area contributed by atoms with Gasteiger partial charge in [0.25, 0.3) is 5.91 Å². The van der Waals surface area contributed by atoms with E-state index in [2.05, 4.69) is 12.2 Å². The number of nitrogens with one attached hydrogen (secondary N) is 1. The second kappa shape index (κ2) is 9.18. The van der Waals surface area contributed by atoms with Gasteiger partial charge in [-0.2, -0.15) is 0 Å². The summed E-state index contributed by atoms with van der Waals surface area (Å²) in [6, 6.07) is 11.9. The van der Waals surface area contributed by atoms with Crippen LogP contribution in [0.1, 0.15) is 59.1 Å². The minimum Gasteiger partial charge on any atom is -0.352 e. The minimum absolute atomic E-state index is 0.0533. The molecule has 1 heterocycles. The third-order valence-corrected chi connectivity index (χ3v) is 6.11. The number of carbonyl (C=O) groups excluding carboxylic acids is 2. The summed E-state index contributed by atoms with van der Waals surface area (Å²) in [7, 11) is 0. The van der Waals surface area contributed by atoms with Gasteiger partial charge >= 0.3 is 0 Å². The van der Waals surface area contributed by atoms with Gasteiger partial charge < -0.3 is 5.32 Å². The van der Waals surface area contributed by atoms with Crippen LogP contribution in [0, 0.1) is 6.92 Å². The van der Waals surface area contributed by atoms with Gasteiger partial charge in [-0.25, -0.2) is 0 Å². The first-order valence-corrected chi connectivity index (χ1v) is 10.6. The van der Waals surface area contributed by atoms with Gasteiger partial charge in [-0.3, -0.25) is 14.5 Å². The van der Waals surface area contributed by atoms with Crippen molar-refractivity contribution in [1.82, 2.24) is 5.32 Å². The molecule has 27 heavy (non-hydrogen) atoms. The van der Waals surface area contributed by atoms with Gasteiger partial charge in [0.05, 0.1) is 4.88 Å². The third-order valence-electron chi connectivity index (χ3n) is 5.12. The van der Waals surface area contributed by atoms with Crippen molar-refractivity contribution in [2.75, 3.05) is 11.4 Å². The SMILES string of the molecule is CCc1ccc(N(CC(=O)NC2CCCCC2)C(=O)c2ccc(C)s2)cc1. The highest BCUT2D eigenvalue weighted by Gasteiger charge is 2.23. The molecule has 0 bridgehead atoms. The molecule has 1 aromatic heterocycles. The highest BCUT2D eigenvalue weighted by molar-refractivity contribution is 7.14. The van der Waals surface area contributed by atoms with E-state index in [0.29, 0.717) is 4.88 Å². The van der Waals surface area contributed by atoms with Crippen LogP contribution in [0.25, 0.3) is 0 Å². The molecule has 1 aliphatic rings. The summed E-state index contributed by atoms with van der Waals surface area (Å²) in [5, 5.41) is 3.12. The normalized spacial score (nSPS) is 14.7. The monoisotopic (exact) mass is 384 g/mol. The summed E-state index contributed by atoms with van der Waals surface area (Å²) in [5.74, 6) is -0.195. The predicted octanol–water partition coefficient (Wildman–Crippen LogP) is 4.71. The summed E-state index contributed by atoms with van der Waals surface area (Å²) in [6.07, 6.45) is 6.60. The number of carbonyl (C=O) groups is 2. The average molecular weight is 385 g/mol. The van der Waals surface area contributed by atoms with Crippen LogP contribution in [0.5, 0.6) is 0 Å². The Morgan fingerprint density at radius 2 is 1.78 bits per heavy atom. The smallest absolute Gasteiger partial charge is 0.268 e. The quantitative estimate of drug-likeness (QED) is 0.784. The van der Waals surface area contributed by atoms with Gasteiger partial charge in [-0.1, -0.05) is 38.3 Å².